The molecule has 3 aromatic rings. The number of hydrogen-bond donors (Lipinski definition) is 2. The molecule has 35 heavy (non-hydrogen) atoms. The summed E-state index contributed by atoms with van der Waals surface area (Å²) in [7, 11) is 0. The molecule has 4 rings (SSSR count). The molecule has 0 fully saturated rings. The first-order valence-electron chi connectivity index (χ1n) is 11.7. The van der Waals surface area contributed by atoms with Gasteiger partial charge in [0.25, 0.3) is 0 Å². The number of rotatable bonds is 13. The minimum Gasteiger partial charge on any atom is -0.466 e. The maximum atomic E-state index is 11.4. The number of nitrogens with two attached hydrogens (primary N) is 1. The van der Waals surface area contributed by atoms with E-state index in [1.54, 1.807) is 11.8 Å². The molecule has 0 spiro atoms. The van der Waals surface area contributed by atoms with Gasteiger partial charge in [-0.3, -0.25) is 4.79 Å². The molecule has 3 N–H and O–H groups in total. The highest BCUT2D eigenvalue weighted by Crippen LogP contribution is 2.41. The number of anilines is 1. The molecule has 0 amide bonds. The Morgan fingerprint density at radius 2 is 2.00 bits per heavy atom. The minimum absolute atomic E-state index is 0.105. The summed E-state index contributed by atoms with van der Waals surface area (Å²) >= 11 is 3.84. The molecule has 0 saturated heterocycles. The van der Waals surface area contributed by atoms with Crippen LogP contribution in [0.5, 0.6) is 11.5 Å². The average Bonchev–Trinajstić information content (AvgIpc) is 3.43. The number of aromatic nitrogens is 4. The zero-order valence-electron chi connectivity index (χ0n) is 19.6. The molecule has 10 nitrogen and oxygen atoms in total. The van der Waals surface area contributed by atoms with Gasteiger partial charge in [-0.1, -0.05) is 24.6 Å². The first kappa shape index (κ1) is 25.8. The topological polar surface area (TPSA) is 126 Å². The van der Waals surface area contributed by atoms with Gasteiger partial charge in [-0.05, 0) is 61.0 Å². The zero-order chi connectivity index (χ0) is 24.6. The number of imidazole rings is 1. The van der Waals surface area contributed by atoms with Crippen molar-refractivity contribution in [1.82, 2.24) is 24.8 Å². The molecular weight excluding hydrogens is 583 g/mol. The van der Waals surface area contributed by atoms with Crippen molar-refractivity contribution in [2.24, 2.45) is 0 Å². The Kier molecular flexibility index (Phi) is 9.26. The summed E-state index contributed by atoms with van der Waals surface area (Å²) in [6.07, 6.45) is 6.01. The van der Waals surface area contributed by atoms with E-state index in [4.69, 9.17) is 24.9 Å². The zero-order valence-corrected chi connectivity index (χ0v) is 22.6. The molecule has 0 unspecified atom stereocenters. The molecule has 0 radical (unpaired) electrons. The number of ether oxygens (including phenoxy) is 3. The van der Waals surface area contributed by atoms with Gasteiger partial charge in [-0.15, -0.1) is 0 Å². The van der Waals surface area contributed by atoms with Crippen molar-refractivity contribution >= 4 is 57.3 Å². The number of esters is 1. The summed E-state index contributed by atoms with van der Waals surface area (Å²) in [5.74, 6) is 1.75. The number of nitrogen functional groups attached to an aromatic ring is 1. The quantitative estimate of drug-likeness (QED) is 0.166. The number of hydrogen-bond acceptors (Lipinski definition) is 10. The molecule has 0 aliphatic carbocycles. The highest BCUT2D eigenvalue weighted by Gasteiger charge is 2.20. The Bertz CT molecular complexity index is 1170. The second kappa shape index (κ2) is 12.6. The fourth-order valence-electron chi connectivity index (χ4n) is 3.71. The van der Waals surface area contributed by atoms with Crippen LogP contribution in [0.3, 0.4) is 0 Å². The van der Waals surface area contributed by atoms with E-state index >= 15 is 0 Å². The number of benzene rings is 1. The van der Waals surface area contributed by atoms with E-state index in [0.29, 0.717) is 30.9 Å². The van der Waals surface area contributed by atoms with E-state index in [1.165, 1.54) is 6.33 Å². The Morgan fingerprint density at radius 3 is 2.83 bits per heavy atom. The van der Waals surface area contributed by atoms with Crippen molar-refractivity contribution in [2.75, 3.05) is 32.2 Å². The van der Waals surface area contributed by atoms with Gasteiger partial charge in [-0.2, -0.15) is 0 Å². The SMILES string of the molecule is CCOC(=O)CCCCCCNCCn1c(Sc2cc3c(cc2I)OCO3)nc2c(N)ncnc21. The van der Waals surface area contributed by atoms with E-state index in [0.717, 1.165) is 69.5 Å². The summed E-state index contributed by atoms with van der Waals surface area (Å²) in [6, 6.07) is 3.95. The van der Waals surface area contributed by atoms with Crippen LogP contribution in [0.2, 0.25) is 0 Å². The van der Waals surface area contributed by atoms with Crippen molar-refractivity contribution in [3.8, 4) is 11.5 Å². The summed E-state index contributed by atoms with van der Waals surface area (Å²) in [4.78, 5) is 25.7. The minimum atomic E-state index is -0.105. The molecule has 2 aromatic heterocycles. The van der Waals surface area contributed by atoms with Crippen LogP contribution in [-0.4, -0.2) is 52.0 Å². The van der Waals surface area contributed by atoms with E-state index in [9.17, 15) is 4.79 Å². The van der Waals surface area contributed by atoms with Crippen LogP contribution in [0.25, 0.3) is 11.2 Å². The van der Waals surface area contributed by atoms with Gasteiger partial charge in [-0.25, -0.2) is 15.0 Å². The number of nitrogens with one attached hydrogen (secondary N) is 1. The first-order valence-corrected chi connectivity index (χ1v) is 13.6. The van der Waals surface area contributed by atoms with Crippen LogP contribution in [-0.2, 0) is 16.1 Å². The maximum Gasteiger partial charge on any atom is 0.305 e. The van der Waals surface area contributed by atoms with Crippen LogP contribution in [0, 0.1) is 3.57 Å². The fraction of sp³-hybridized carbons (Fsp3) is 0.478. The Balaban J connectivity index is 1.33. The normalized spacial score (nSPS) is 12.4. The highest BCUT2D eigenvalue weighted by atomic mass is 127. The van der Waals surface area contributed by atoms with E-state index in [2.05, 4.69) is 42.4 Å². The van der Waals surface area contributed by atoms with Gasteiger partial charge < -0.3 is 29.8 Å². The molecule has 0 saturated carbocycles. The van der Waals surface area contributed by atoms with Crippen LogP contribution in [0.15, 0.2) is 28.5 Å². The third kappa shape index (κ3) is 6.67. The van der Waals surface area contributed by atoms with Gasteiger partial charge >= 0.3 is 5.97 Å². The molecule has 1 aliphatic heterocycles. The van der Waals surface area contributed by atoms with Crippen molar-refractivity contribution in [2.45, 2.75) is 55.6 Å². The lowest BCUT2D eigenvalue weighted by Gasteiger charge is -2.11. The largest absolute Gasteiger partial charge is 0.466 e. The lowest BCUT2D eigenvalue weighted by atomic mass is 10.1. The van der Waals surface area contributed by atoms with Crippen LogP contribution in [0.1, 0.15) is 39.0 Å². The predicted octanol–water partition coefficient (Wildman–Crippen LogP) is 4.00. The fourth-order valence-corrected chi connectivity index (χ4v) is 5.42. The van der Waals surface area contributed by atoms with Crippen LogP contribution >= 0.6 is 34.4 Å². The lowest BCUT2D eigenvalue weighted by molar-refractivity contribution is -0.143. The van der Waals surface area contributed by atoms with Crippen molar-refractivity contribution in [3.05, 3.63) is 22.0 Å². The van der Waals surface area contributed by atoms with Crippen LogP contribution < -0.4 is 20.5 Å². The number of unbranched alkanes of at least 4 members (excludes halogenated alkanes) is 3. The van der Waals surface area contributed by atoms with Gasteiger partial charge in [0.1, 0.15) is 6.33 Å². The molecule has 1 aromatic carbocycles. The number of carbonyl (C=O) groups excluding carboxylic acids is 1. The second-order valence-corrected chi connectivity index (χ2v) is 10.1. The van der Waals surface area contributed by atoms with Crippen molar-refractivity contribution < 1.29 is 19.0 Å². The van der Waals surface area contributed by atoms with Gasteiger partial charge in [0.05, 0.1) is 6.61 Å². The average molecular weight is 612 g/mol. The summed E-state index contributed by atoms with van der Waals surface area (Å²) in [5.41, 5.74) is 7.41. The molecule has 0 atom stereocenters. The monoisotopic (exact) mass is 612 g/mol. The first-order chi connectivity index (χ1) is 17.1. The van der Waals surface area contributed by atoms with Gasteiger partial charge in [0.2, 0.25) is 6.79 Å². The summed E-state index contributed by atoms with van der Waals surface area (Å²) in [5, 5.41) is 4.29. The Morgan fingerprint density at radius 1 is 1.20 bits per heavy atom. The molecule has 188 valence electrons. The van der Waals surface area contributed by atoms with Crippen LogP contribution in [0.4, 0.5) is 5.82 Å². The molecular formula is C23H29IN6O4S. The summed E-state index contributed by atoms with van der Waals surface area (Å²) in [6.45, 7) is 4.89. The third-order valence-corrected chi connectivity index (χ3v) is 7.77. The van der Waals surface area contributed by atoms with Crippen molar-refractivity contribution in [3.63, 3.8) is 0 Å². The van der Waals surface area contributed by atoms with E-state index in [-0.39, 0.29) is 12.8 Å². The molecule has 0 bridgehead atoms. The van der Waals surface area contributed by atoms with Gasteiger partial charge in [0.15, 0.2) is 33.6 Å². The number of fused-ring (bicyclic) bond motifs is 2. The molecule has 3 heterocycles. The van der Waals surface area contributed by atoms with E-state index in [1.807, 2.05) is 19.1 Å². The molecule has 1 aliphatic rings. The summed E-state index contributed by atoms with van der Waals surface area (Å²) < 4.78 is 19.1. The number of halogens is 1. The smallest absolute Gasteiger partial charge is 0.305 e. The number of carbonyl (C=O) groups is 1. The Labute approximate surface area is 221 Å². The maximum absolute atomic E-state index is 11.4. The second-order valence-electron chi connectivity index (χ2n) is 7.93. The van der Waals surface area contributed by atoms with Gasteiger partial charge in [0, 0.05) is 28.0 Å². The molecule has 12 heteroatoms. The van der Waals surface area contributed by atoms with Crippen molar-refractivity contribution in [1.29, 1.82) is 0 Å². The number of nitrogens with zero attached hydrogens (tertiary/aromatic N) is 4. The highest BCUT2D eigenvalue weighted by molar-refractivity contribution is 14.1. The van der Waals surface area contributed by atoms with E-state index < -0.39 is 0 Å². The lowest BCUT2D eigenvalue weighted by Crippen LogP contribution is -2.21. The standard InChI is InChI=1S/C23H29IN6O4S/c1-2-32-19(31)7-5-3-4-6-8-26-9-10-30-22-20(21(25)27-13-28-22)29-23(30)35-18-12-17-16(11-15(18)24)33-14-34-17/h11-13,26H,2-10,14H2,1H3,(H2,25,27,28). The predicted molar refractivity (Wildman–Crippen MR) is 142 cm³/mol. The Hall–Kier alpha value is -2.32. The third-order valence-electron chi connectivity index (χ3n) is 5.46.